The van der Waals surface area contributed by atoms with Crippen LogP contribution in [0.2, 0.25) is 5.02 Å². The average molecular weight is 365 g/mol. The molecule has 0 unspecified atom stereocenters. The predicted molar refractivity (Wildman–Crippen MR) is 92.6 cm³/mol. The van der Waals surface area contributed by atoms with Gasteiger partial charge in [-0.05, 0) is 36.8 Å². The highest BCUT2D eigenvalue weighted by atomic mass is 35.5. The first-order valence-corrected chi connectivity index (χ1v) is 7.87. The number of benzene rings is 2. The van der Waals surface area contributed by atoms with E-state index in [2.05, 4.69) is 5.32 Å². The van der Waals surface area contributed by atoms with E-state index in [1.54, 1.807) is 31.2 Å². The van der Waals surface area contributed by atoms with Crippen LogP contribution in [0.15, 0.2) is 48.5 Å². The Balaban J connectivity index is 1.88. The van der Waals surface area contributed by atoms with Crippen LogP contribution in [-0.2, 0) is 4.79 Å². The first kappa shape index (κ1) is 18.7. The third kappa shape index (κ3) is 5.17. The number of halogens is 1. The number of hydrogen-bond donors (Lipinski definition) is 2. The van der Waals surface area contributed by atoms with Gasteiger partial charge < -0.3 is 15.2 Å². The van der Waals surface area contributed by atoms with E-state index in [1.165, 1.54) is 24.3 Å². The topological polar surface area (TPSA) is 102 Å². The molecule has 0 aliphatic carbocycles. The van der Waals surface area contributed by atoms with Gasteiger partial charge in [-0.2, -0.15) is 0 Å². The van der Waals surface area contributed by atoms with Crippen molar-refractivity contribution in [2.24, 2.45) is 0 Å². The minimum atomic E-state index is -0.989. The Morgan fingerprint density at radius 3 is 2.52 bits per heavy atom. The van der Waals surface area contributed by atoms with Gasteiger partial charge in [0.25, 0.3) is 11.6 Å². The molecule has 0 aliphatic rings. The number of non-ortho nitro benzene ring substituents is 1. The van der Waals surface area contributed by atoms with E-state index in [0.717, 1.165) is 0 Å². The maximum Gasteiger partial charge on any atom is 0.269 e. The quantitative estimate of drug-likeness (QED) is 0.581. The second-order valence-corrected chi connectivity index (χ2v) is 5.71. The van der Waals surface area contributed by atoms with Gasteiger partial charge in [0.15, 0.2) is 6.10 Å². The summed E-state index contributed by atoms with van der Waals surface area (Å²) in [5.41, 5.74) is 0.396. The SMILES string of the molecule is C[C@H](Oc1ccccc1Cl)C(=O)NC[C@H](O)c1ccc([N+](=O)[O-])cc1. The van der Waals surface area contributed by atoms with Crippen LogP contribution in [0.1, 0.15) is 18.6 Å². The van der Waals surface area contributed by atoms with Crippen LogP contribution in [0.4, 0.5) is 5.69 Å². The van der Waals surface area contributed by atoms with Gasteiger partial charge in [-0.3, -0.25) is 14.9 Å². The molecule has 2 atom stereocenters. The van der Waals surface area contributed by atoms with Crippen molar-refractivity contribution >= 4 is 23.2 Å². The number of carbonyl (C=O) groups is 1. The van der Waals surface area contributed by atoms with Gasteiger partial charge in [-0.15, -0.1) is 0 Å². The number of hydrogen-bond acceptors (Lipinski definition) is 5. The maximum absolute atomic E-state index is 12.1. The first-order valence-electron chi connectivity index (χ1n) is 7.50. The van der Waals surface area contributed by atoms with Crippen molar-refractivity contribution in [3.8, 4) is 5.75 Å². The van der Waals surface area contributed by atoms with Gasteiger partial charge in [-0.1, -0.05) is 23.7 Å². The Hall–Kier alpha value is -2.64. The molecular formula is C17H17ClN2O5. The minimum Gasteiger partial charge on any atom is -0.479 e. The molecule has 0 saturated heterocycles. The van der Waals surface area contributed by atoms with Crippen molar-refractivity contribution in [1.29, 1.82) is 0 Å². The van der Waals surface area contributed by atoms with Crippen LogP contribution in [0.25, 0.3) is 0 Å². The summed E-state index contributed by atoms with van der Waals surface area (Å²) in [4.78, 5) is 22.1. The highest BCUT2D eigenvalue weighted by molar-refractivity contribution is 6.32. The fourth-order valence-corrected chi connectivity index (χ4v) is 2.24. The molecule has 0 bridgehead atoms. The highest BCUT2D eigenvalue weighted by Crippen LogP contribution is 2.24. The van der Waals surface area contributed by atoms with Crippen molar-refractivity contribution in [2.45, 2.75) is 19.1 Å². The second kappa shape index (κ2) is 8.46. The molecule has 2 aromatic rings. The first-order chi connectivity index (χ1) is 11.9. The average Bonchev–Trinajstić information content (AvgIpc) is 2.61. The fourth-order valence-electron chi connectivity index (χ4n) is 2.06. The molecule has 2 rings (SSSR count). The summed E-state index contributed by atoms with van der Waals surface area (Å²) in [5.74, 6) is -0.0244. The molecule has 0 radical (unpaired) electrons. The second-order valence-electron chi connectivity index (χ2n) is 5.30. The Kier molecular flexibility index (Phi) is 6.32. The lowest BCUT2D eigenvalue weighted by atomic mass is 10.1. The summed E-state index contributed by atoms with van der Waals surface area (Å²) < 4.78 is 5.49. The van der Waals surface area contributed by atoms with E-state index in [4.69, 9.17) is 16.3 Å². The molecule has 0 aromatic heterocycles. The number of nitro groups is 1. The molecule has 132 valence electrons. The molecule has 2 N–H and O–H groups in total. The Bertz CT molecular complexity index is 751. The smallest absolute Gasteiger partial charge is 0.269 e. The Morgan fingerprint density at radius 2 is 1.92 bits per heavy atom. The lowest BCUT2D eigenvalue weighted by molar-refractivity contribution is -0.384. The summed E-state index contributed by atoms with van der Waals surface area (Å²) in [5, 5.41) is 23.6. The van der Waals surface area contributed by atoms with Crippen LogP contribution in [0.3, 0.4) is 0 Å². The van der Waals surface area contributed by atoms with Crippen LogP contribution in [0, 0.1) is 10.1 Å². The van der Waals surface area contributed by atoms with E-state index in [0.29, 0.717) is 16.3 Å². The molecule has 0 spiro atoms. The largest absolute Gasteiger partial charge is 0.479 e. The van der Waals surface area contributed by atoms with Gasteiger partial charge in [0, 0.05) is 18.7 Å². The van der Waals surface area contributed by atoms with Gasteiger partial charge in [0.05, 0.1) is 16.0 Å². The number of ether oxygens (including phenoxy) is 1. The normalized spacial score (nSPS) is 12.9. The van der Waals surface area contributed by atoms with Crippen molar-refractivity contribution in [2.75, 3.05) is 6.54 Å². The molecule has 0 saturated carbocycles. The zero-order chi connectivity index (χ0) is 18.4. The summed E-state index contributed by atoms with van der Waals surface area (Å²) >= 11 is 5.97. The molecule has 8 heteroatoms. The molecule has 0 aliphatic heterocycles. The minimum absolute atomic E-state index is 0.0487. The number of nitro benzene ring substituents is 1. The maximum atomic E-state index is 12.1. The van der Waals surface area contributed by atoms with Crippen molar-refractivity contribution in [3.05, 3.63) is 69.2 Å². The van der Waals surface area contributed by atoms with Crippen LogP contribution >= 0.6 is 11.6 Å². The lowest BCUT2D eigenvalue weighted by Crippen LogP contribution is -2.38. The number of aliphatic hydroxyl groups excluding tert-OH is 1. The van der Waals surface area contributed by atoms with Crippen molar-refractivity contribution in [1.82, 2.24) is 5.32 Å². The summed E-state index contributed by atoms with van der Waals surface area (Å²) in [6.07, 6.45) is -1.79. The summed E-state index contributed by atoms with van der Waals surface area (Å²) in [6.45, 7) is 1.52. The third-order valence-corrected chi connectivity index (χ3v) is 3.78. The number of rotatable bonds is 7. The Morgan fingerprint density at radius 1 is 1.28 bits per heavy atom. The van der Waals surface area contributed by atoms with Gasteiger partial charge in [0.2, 0.25) is 0 Å². The van der Waals surface area contributed by atoms with Crippen LogP contribution in [-0.4, -0.2) is 28.6 Å². The fraction of sp³-hybridized carbons (Fsp3) is 0.235. The van der Waals surface area contributed by atoms with E-state index >= 15 is 0 Å². The number of para-hydroxylation sites is 1. The van der Waals surface area contributed by atoms with Gasteiger partial charge >= 0.3 is 0 Å². The van der Waals surface area contributed by atoms with Crippen molar-refractivity contribution < 1.29 is 19.6 Å². The van der Waals surface area contributed by atoms with Gasteiger partial charge in [0.1, 0.15) is 5.75 Å². The molecule has 0 heterocycles. The van der Waals surface area contributed by atoms with E-state index < -0.39 is 23.0 Å². The zero-order valence-corrected chi connectivity index (χ0v) is 14.1. The molecule has 2 aromatic carbocycles. The predicted octanol–water partition coefficient (Wildman–Crippen LogP) is 2.87. The standard InChI is InChI=1S/C17H17ClN2O5/c1-11(25-16-5-3-2-4-14(16)18)17(22)19-10-15(21)12-6-8-13(9-7-12)20(23)24/h2-9,11,15,21H,10H2,1H3,(H,19,22)/t11-,15-/m0/s1. The highest BCUT2D eigenvalue weighted by Gasteiger charge is 2.18. The van der Waals surface area contributed by atoms with Crippen molar-refractivity contribution in [3.63, 3.8) is 0 Å². The molecule has 7 nitrogen and oxygen atoms in total. The lowest BCUT2D eigenvalue weighted by Gasteiger charge is -2.17. The molecular weight excluding hydrogens is 348 g/mol. The zero-order valence-electron chi connectivity index (χ0n) is 13.4. The number of carbonyl (C=O) groups excluding carboxylic acids is 1. The van der Waals surface area contributed by atoms with Crippen LogP contribution < -0.4 is 10.1 Å². The monoisotopic (exact) mass is 364 g/mol. The number of aliphatic hydroxyl groups is 1. The van der Waals surface area contributed by atoms with Crippen LogP contribution in [0.5, 0.6) is 5.75 Å². The van der Waals surface area contributed by atoms with E-state index in [9.17, 15) is 20.0 Å². The molecule has 1 amide bonds. The summed E-state index contributed by atoms with van der Waals surface area (Å²) in [6, 6.07) is 12.3. The number of nitrogens with one attached hydrogen (secondary N) is 1. The number of amides is 1. The molecule has 0 fully saturated rings. The third-order valence-electron chi connectivity index (χ3n) is 3.47. The molecule has 25 heavy (non-hydrogen) atoms. The Labute approximate surface area is 149 Å². The van der Waals surface area contributed by atoms with E-state index in [1.807, 2.05) is 0 Å². The number of nitrogens with zero attached hydrogens (tertiary/aromatic N) is 1. The summed E-state index contributed by atoms with van der Waals surface area (Å²) in [7, 11) is 0. The van der Waals surface area contributed by atoms with E-state index in [-0.39, 0.29) is 12.2 Å². The van der Waals surface area contributed by atoms with Gasteiger partial charge in [-0.25, -0.2) is 0 Å².